The minimum atomic E-state index is -6.12. The van der Waals surface area contributed by atoms with Crippen molar-refractivity contribution in [2.75, 3.05) is 0 Å². The Morgan fingerprint density at radius 2 is 1.87 bits per heavy atom. The number of hydrogen-bond acceptors (Lipinski definition) is 7. The number of aliphatic carboxylic acids is 1. The van der Waals surface area contributed by atoms with Crippen LogP contribution in [0.4, 0.5) is 13.2 Å². The number of benzene rings is 1. The van der Waals surface area contributed by atoms with E-state index in [1.165, 1.54) is 0 Å². The van der Waals surface area contributed by atoms with E-state index in [4.69, 9.17) is 5.73 Å². The minimum absolute atomic E-state index is 0.142. The van der Waals surface area contributed by atoms with E-state index in [-0.39, 0.29) is 6.42 Å². The fourth-order valence-electron chi connectivity index (χ4n) is 3.34. The summed E-state index contributed by atoms with van der Waals surface area (Å²) in [4.78, 5) is 37.0. The Labute approximate surface area is 173 Å². The zero-order valence-electron chi connectivity index (χ0n) is 15.5. The fraction of sp³-hybridized carbons (Fsp3) is 0.353. The van der Waals surface area contributed by atoms with Crippen LogP contribution in [0.25, 0.3) is 0 Å². The van der Waals surface area contributed by atoms with Crippen LogP contribution in [-0.2, 0) is 28.7 Å². The highest BCUT2D eigenvalue weighted by molar-refractivity contribution is 7.87. The molecule has 168 valence electrons. The van der Waals surface area contributed by atoms with E-state index in [9.17, 15) is 41.1 Å². The third-order valence-electron chi connectivity index (χ3n) is 4.83. The lowest BCUT2D eigenvalue weighted by Crippen LogP contribution is -2.72. The highest BCUT2D eigenvalue weighted by Crippen LogP contribution is 2.39. The number of nitrogens with one attached hydrogen (secondary N) is 1. The maximum absolute atomic E-state index is 12.6. The first-order valence-corrected chi connectivity index (χ1v) is 10.2. The van der Waals surface area contributed by atoms with Gasteiger partial charge in [0.15, 0.2) is 11.5 Å². The summed E-state index contributed by atoms with van der Waals surface area (Å²) in [5.41, 5.74) is -0.478. The first-order valence-electron chi connectivity index (χ1n) is 8.76. The second kappa shape index (κ2) is 7.85. The van der Waals surface area contributed by atoms with Crippen LogP contribution in [-0.4, -0.2) is 53.8 Å². The quantitative estimate of drug-likeness (QED) is 0.310. The third kappa shape index (κ3) is 4.07. The molecule has 1 saturated heterocycles. The van der Waals surface area contributed by atoms with E-state index >= 15 is 0 Å². The molecule has 0 bridgehead atoms. The SMILES string of the molecule is NC(C(=O)N[C@@H]1C(=O)N2C(C(=O)O)=C(OS(=O)(=O)C(F)(F)F)CC[C@H]12)c1ccccc1. The summed E-state index contributed by atoms with van der Waals surface area (Å²) in [7, 11) is -6.12. The summed E-state index contributed by atoms with van der Waals surface area (Å²) in [5, 5.41) is 11.7. The number of β-lactam (4-membered cyclic amide) rings is 1. The predicted octanol–water partition coefficient (Wildman–Crippen LogP) is 0.338. The van der Waals surface area contributed by atoms with E-state index in [1.54, 1.807) is 30.3 Å². The Morgan fingerprint density at radius 1 is 1.26 bits per heavy atom. The minimum Gasteiger partial charge on any atom is -0.476 e. The normalized spacial score (nSPS) is 22.3. The number of rotatable bonds is 6. The standard InChI is InChI=1S/C17H16F3N3O7S/c18-17(19,20)31(28,29)30-10-7-6-9-12(15(25)23(9)13(10)16(26)27)22-14(24)11(21)8-4-2-1-3-5-8/h1-5,9,11-12H,6-7,21H2,(H,22,24)(H,26,27)/t9-,11?,12+/m1/s1. The van der Waals surface area contributed by atoms with Gasteiger partial charge < -0.3 is 20.3 Å². The van der Waals surface area contributed by atoms with Gasteiger partial charge >= 0.3 is 21.6 Å². The summed E-state index contributed by atoms with van der Waals surface area (Å²) < 4.78 is 64.2. The van der Waals surface area contributed by atoms with Crippen molar-refractivity contribution >= 4 is 27.9 Å². The lowest BCUT2D eigenvalue weighted by Gasteiger charge is -2.49. The monoisotopic (exact) mass is 463 g/mol. The van der Waals surface area contributed by atoms with Crippen LogP contribution in [0.1, 0.15) is 24.4 Å². The number of nitrogens with two attached hydrogens (primary N) is 1. The van der Waals surface area contributed by atoms with Crippen LogP contribution in [0.15, 0.2) is 41.8 Å². The van der Waals surface area contributed by atoms with Crippen LogP contribution >= 0.6 is 0 Å². The fourth-order valence-corrected chi connectivity index (χ4v) is 3.87. The number of carboxylic acids is 1. The van der Waals surface area contributed by atoms with Gasteiger partial charge in [-0.05, 0) is 12.0 Å². The molecule has 0 aliphatic carbocycles. The Kier molecular flexibility index (Phi) is 5.71. The number of hydrogen-bond donors (Lipinski definition) is 3. The molecular formula is C17H16F3N3O7S. The number of fused-ring (bicyclic) bond motifs is 1. The number of carbonyl (C=O) groups excluding carboxylic acids is 2. The van der Waals surface area contributed by atoms with Gasteiger partial charge in [-0.15, -0.1) is 0 Å². The van der Waals surface area contributed by atoms with Crippen molar-refractivity contribution in [1.29, 1.82) is 0 Å². The molecule has 2 aliphatic rings. The molecule has 2 amide bonds. The molecule has 31 heavy (non-hydrogen) atoms. The number of amides is 2. The maximum Gasteiger partial charge on any atom is 0.534 e. The van der Waals surface area contributed by atoms with Crippen molar-refractivity contribution in [3.63, 3.8) is 0 Å². The Bertz CT molecular complexity index is 1060. The Hall–Kier alpha value is -3.13. The molecule has 2 heterocycles. The van der Waals surface area contributed by atoms with Crippen molar-refractivity contribution in [2.24, 2.45) is 5.73 Å². The van der Waals surface area contributed by atoms with Crippen LogP contribution in [0.5, 0.6) is 0 Å². The van der Waals surface area contributed by atoms with Gasteiger partial charge in [0.05, 0.1) is 6.04 Å². The average Bonchev–Trinajstić information content (AvgIpc) is 2.70. The molecule has 1 aromatic carbocycles. The smallest absolute Gasteiger partial charge is 0.476 e. The molecule has 14 heteroatoms. The lowest BCUT2D eigenvalue weighted by atomic mass is 9.85. The number of alkyl halides is 3. The van der Waals surface area contributed by atoms with Crippen molar-refractivity contribution < 1.29 is 45.3 Å². The Balaban J connectivity index is 1.79. The number of carboxylic acid groups (broad SMARTS) is 1. The van der Waals surface area contributed by atoms with Gasteiger partial charge in [0, 0.05) is 6.42 Å². The molecule has 1 unspecified atom stereocenters. The summed E-state index contributed by atoms with van der Waals surface area (Å²) >= 11 is 0. The second-order valence-electron chi connectivity index (χ2n) is 6.75. The van der Waals surface area contributed by atoms with Crippen molar-refractivity contribution in [3.05, 3.63) is 47.4 Å². The molecule has 10 nitrogen and oxygen atoms in total. The van der Waals surface area contributed by atoms with Gasteiger partial charge in [-0.3, -0.25) is 14.5 Å². The predicted molar refractivity (Wildman–Crippen MR) is 95.9 cm³/mol. The van der Waals surface area contributed by atoms with Crippen LogP contribution in [0, 0.1) is 0 Å². The van der Waals surface area contributed by atoms with Gasteiger partial charge in [0.1, 0.15) is 12.1 Å². The molecule has 1 aromatic rings. The molecule has 0 radical (unpaired) electrons. The van der Waals surface area contributed by atoms with E-state index in [0.29, 0.717) is 10.5 Å². The van der Waals surface area contributed by atoms with E-state index in [0.717, 1.165) is 0 Å². The lowest BCUT2D eigenvalue weighted by molar-refractivity contribution is -0.156. The molecule has 3 atom stereocenters. The van der Waals surface area contributed by atoms with Crippen molar-refractivity contribution in [3.8, 4) is 0 Å². The number of carbonyl (C=O) groups is 3. The van der Waals surface area contributed by atoms with Gasteiger partial charge in [-0.25, -0.2) is 4.79 Å². The molecule has 0 spiro atoms. The second-order valence-corrected chi connectivity index (χ2v) is 8.29. The van der Waals surface area contributed by atoms with E-state index < -0.39 is 69.4 Å². The molecule has 0 aromatic heterocycles. The summed E-state index contributed by atoms with van der Waals surface area (Å²) in [5.74, 6) is -4.52. The van der Waals surface area contributed by atoms with Gasteiger partial charge in [-0.1, -0.05) is 30.3 Å². The molecule has 2 aliphatic heterocycles. The largest absolute Gasteiger partial charge is 0.534 e. The number of halogens is 3. The number of allylic oxidation sites excluding steroid dienone is 1. The third-order valence-corrected chi connectivity index (χ3v) is 5.81. The van der Waals surface area contributed by atoms with Crippen LogP contribution in [0.3, 0.4) is 0 Å². The zero-order chi connectivity index (χ0) is 23.1. The zero-order valence-corrected chi connectivity index (χ0v) is 16.3. The van der Waals surface area contributed by atoms with Gasteiger partial charge in [0.25, 0.3) is 5.91 Å². The van der Waals surface area contributed by atoms with Crippen molar-refractivity contribution in [2.45, 2.75) is 36.5 Å². The summed E-state index contributed by atoms with van der Waals surface area (Å²) in [6.07, 6.45) is -0.654. The average molecular weight is 463 g/mol. The number of nitrogens with zero attached hydrogens (tertiary/aromatic N) is 1. The molecule has 0 saturated carbocycles. The Morgan fingerprint density at radius 3 is 2.42 bits per heavy atom. The van der Waals surface area contributed by atoms with Gasteiger partial charge in [-0.2, -0.15) is 21.6 Å². The first-order chi connectivity index (χ1) is 14.3. The van der Waals surface area contributed by atoms with E-state index in [1.807, 2.05) is 0 Å². The first kappa shape index (κ1) is 22.6. The molecule has 3 rings (SSSR count). The van der Waals surface area contributed by atoms with Crippen LogP contribution < -0.4 is 11.1 Å². The summed E-state index contributed by atoms with van der Waals surface area (Å²) in [6, 6.07) is 5.01. The van der Waals surface area contributed by atoms with Crippen molar-refractivity contribution in [1.82, 2.24) is 10.2 Å². The molecule has 4 N–H and O–H groups in total. The molecular weight excluding hydrogens is 447 g/mol. The molecule has 1 fully saturated rings. The summed E-state index contributed by atoms with van der Waals surface area (Å²) in [6.45, 7) is 0. The van der Waals surface area contributed by atoms with Crippen LogP contribution in [0.2, 0.25) is 0 Å². The highest BCUT2D eigenvalue weighted by atomic mass is 32.2. The van der Waals surface area contributed by atoms with E-state index in [2.05, 4.69) is 9.50 Å². The topological polar surface area (TPSA) is 156 Å². The maximum atomic E-state index is 12.6. The highest BCUT2D eigenvalue weighted by Gasteiger charge is 2.56. The van der Waals surface area contributed by atoms with Gasteiger partial charge in [0.2, 0.25) is 5.91 Å².